The predicted molar refractivity (Wildman–Crippen MR) is 99.5 cm³/mol. The highest BCUT2D eigenvalue weighted by Gasteiger charge is 2.11. The van der Waals surface area contributed by atoms with E-state index in [-0.39, 0.29) is 11.8 Å². The lowest BCUT2D eigenvalue weighted by atomic mass is 10.2. The standard InChI is InChI=1S/C19H17N3O2S/c1-13(23)21-16-9-7-14(8-10-16)11-20-18(24)17-12-25-19(22-17)15-5-3-2-4-6-15/h2-10,12H,11H2,1H3,(H,20,24)(H,21,23). The van der Waals surface area contributed by atoms with Gasteiger partial charge in [-0.05, 0) is 17.7 Å². The van der Waals surface area contributed by atoms with Gasteiger partial charge in [0, 0.05) is 30.1 Å². The van der Waals surface area contributed by atoms with Crippen molar-refractivity contribution in [1.29, 1.82) is 0 Å². The van der Waals surface area contributed by atoms with E-state index >= 15 is 0 Å². The molecule has 0 atom stereocenters. The van der Waals surface area contributed by atoms with Crippen LogP contribution in [-0.2, 0) is 11.3 Å². The van der Waals surface area contributed by atoms with Crippen molar-refractivity contribution in [3.63, 3.8) is 0 Å². The Morgan fingerprint density at radius 1 is 1.04 bits per heavy atom. The highest BCUT2D eigenvalue weighted by atomic mass is 32.1. The first-order chi connectivity index (χ1) is 12.1. The normalized spacial score (nSPS) is 10.3. The largest absolute Gasteiger partial charge is 0.347 e. The van der Waals surface area contributed by atoms with E-state index in [4.69, 9.17) is 0 Å². The van der Waals surface area contributed by atoms with Crippen LogP contribution in [0.25, 0.3) is 10.6 Å². The lowest BCUT2D eigenvalue weighted by Crippen LogP contribution is -2.23. The minimum absolute atomic E-state index is 0.112. The molecule has 3 rings (SSSR count). The molecule has 3 aromatic rings. The third kappa shape index (κ3) is 4.51. The minimum atomic E-state index is -0.204. The molecule has 25 heavy (non-hydrogen) atoms. The van der Waals surface area contributed by atoms with Gasteiger partial charge in [-0.25, -0.2) is 4.98 Å². The fourth-order valence-corrected chi connectivity index (χ4v) is 3.08. The maximum Gasteiger partial charge on any atom is 0.271 e. The van der Waals surface area contributed by atoms with E-state index in [1.54, 1.807) is 17.5 Å². The highest BCUT2D eigenvalue weighted by Crippen LogP contribution is 2.23. The van der Waals surface area contributed by atoms with Crippen molar-refractivity contribution in [3.05, 3.63) is 71.2 Å². The molecule has 0 spiro atoms. The van der Waals surface area contributed by atoms with Crippen molar-refractivity contribution in [2.45, 2.75) is 13.5 Å². The molecule has 0 radical (unpaired) electrons. The summed E-state index contributed by atoms with van der Waals surface area (Å²) in [5, 5.41) is 8.15. The van der Waals surface area contributed by atoms with Crippen LogP contribution >= 0.6 is 11.3 Å². The van der Waals surface area contributed by atoms with Crippen LogP contribution in [0.2, 0.25) is 0 Å². The third-order valence-electron chi connectivity index (χ3n) is 3.48. The number of hydrogen-bond acceptors (Lipinski definition) is 4. The van der Waals surface area contributed by atoms with E-state index in [1.807, 2.05) is 42.5 Å². The SMILES string of the molecule is CC(=O)Nc1ccc(CNC(=O)c2csc(-c3ccccc3)n2)cc1. The first kappa shape index (κ1) is 16.9. The van der Waals surface area contributed by atoms with Gasteiger partial charge in [0.05, 0.1) is 0 Å². The maximum absolute atomic E-state index is 12.3. The van der Waals surface area contributed by atoms with Crippen LogP contribution in [0.1, 0.15) is 23.0 Å². The molecule has 1 heterocycles. The van der Waals surface area contributed by atoms with E-state index < -0.39 is 0 Å². The molecular formula is C19H17N3O2S. The molecule has 0 bridgehead atoms. The molecule has 0 saturated heterocycles. The number of aromatic nitrogens is 1. The van der Waals surface area contributed by atoms with Crippen LogP contribution in [0.3, 0.4) is 0 Å². The Morgan fingerprint density at radius 3 is 2.44 bits per heavy atom. The summed E-state index contributed by atoms with van der Waals surface area (Å²) in [6, 6.07) is 17.1. The van der Waals surface area contributed by atoms with E-state index in [9.17, 15) is 9.59 Å². The van der Waals surface area contributed by atoms with Crippen LogP contribution < -0.4 is 10.6 Å². The summed E-state index contributed by atoms with van der Waals surface area (Å²) in [6.45, 7) is 1.86. The number of thiazole rings is 1. The number of carbonyl (C=O) groups excluding carboxylic acids is 2. The molecule has 6 heteroatoms. The number of benzene rings is 2. The maximum atomic E-state index is 12.3. The molecule has 1 aromatic heterocycles. The summed E-state index contributed by atoms with van der Waals surface area (Å²) in [5.74, 6) is -0.317. The van der Waals surface area contributed by atoms with Crippen LogP contribution in [-0.4, -0.2) is 16.8 Å². The Labute approximate surface area is 149 Å². The average Bonchev–Trinajstić information content (AvgIpc) is 3.11. The Morgan fingerprint density at radius 2 is 1.76 bits per heavy atom. The summed E-state index contributed by atoms with van der Waals surface area (Å²) in [7, 11) is 0. The van der Waals surface area contributed by atoms with Gasteiger partial charge in [-0.1, -0.05) is 42.5 Å². The molecule has 0 fully saturated rings. The quantitative estimate of drug-likeness (QED) is 0.736. The van der Waals surface area contributed by atoms with Gasteiger partial charge in [-0.2, -0.15) is 0 Å². The Kier molecular flexibility index (Phi) is 5.20. The topological polar surface area (TPSA) is 71.1 Å². The summed E-state index contributed by atoms with van der Waals surface area (Å²) in [6.07, 6.45) is 0. The van der Waals surface area contributed by atoms with Crippen LogP contribution in [0, 0.1) is 0 Å². The van der Waals surface area contributed by atoms with E-state index in [1.165, 1.54) is 18.3 Å². The molecule has 0 aliphatic heterocycles. The van der Waals surface area contributed by atoms with Crippen molar-refractivity contribution in [1.82, 2.24) is 10.3 Å². The number of nitrogens with zero attached hydrogens (tertiary/aromatic N) is 1. The lowest BCUT2D eigenvalue weighted by molar-refractivity contribution is -0.114. The summed E-state index contributed by atoms with van der Waals surface area (Å²) in [4.78, 5) is 27.6. The zero-order valence-corrected chi connectivity index (χ0v) is 14.5. The first-order valence-corrected chi connectivity index (χ1v) is 8.65. The highest BCUT2D eigenvalue weighted by molar-refractivity contribution is 7.13. The van der Waals surface area contributed by atoms with Gasteiger partial charge < -0.3 is 10.6 Å². The molecule has 2 amide bonds. The average molecular weight is 351 g/mol. The number of hydrogen-bond donors (Lipinski definition) is 2. The summed E-state index contributed by atoms with van der Waals surface area (Å²) < 4.78 is 0. The van der Waals surface area contributed by atoms with E-state index in [0.717, 1.165) is 21.8 Å². The molecule has 2 N–H and O–H groups in total. The van der Waals surface area contributed by atoms with Crippen molar-refractivity contribution in [2.75, 3.05) is 5.32 Å². The van der Waals surface area contributed by atoms with Crippen LogP contribution in [0.5, 0.6) is 0 Å². The summed E-state index contributed by atoms with van der Waals surface area (Å²) in [5.41, 5.74) is 3.09. The molecule has 0 saturated carbocycles. The predicted octanol–water partition coefficient (Wildman–Crippen LogP) is 3.70. The van der Waals surface area contributed by atoms with E-state index in [0.29, 0.717) is 12.2 Å². The van der Waals surface area contributed by atoms with Crippen LogP contribution in [0.4, 0.5) is 5.69 Å². The van der Waals surface area contributed by atoms with Crippen molar-refractivity contribution in [2.24, 2.45) is 0 Å². The molecule has 0 aliphatic rings. The van der Waals surface area contributed by atoms with Crippen molar-refractivity contribution >= 4 is 28.8 Å². The molecule has 5 nitrogen and oxygen atoms in total. The smallest absolute Gasteiger partial charge is 0.271 e. The van der Waals surface area contributed by atoms with Gasteiger partial charge >= 0.3 is 0 Å². The van der Waals surface area contributed by atoms with Crippen molar-refractivity contribution in [3.8, 4) is 10.6 Å². The Balaban J connectivity index is 1.59. The first-order valence-electron chi connectivity index (χ1n) is 7.77. The molecule has 126 valence electrons. The fraction of sp³-hybridized carbons (Fsp3) is 0.105. The van der Waals surface area contributed by atoms with Gasteiger partial charge in [0.1, 0.15) is 10.7 Å². The van der Waals surface area contributed by atoms with Gasteiger partial charge in [-0.15, -0.1) is 11.3 Å². The molecule has 0 unspecified atom stereocenters. The number of carbonyl (C=O) groups is 2. The molecule has 2 aromatic carbocycles. The van der Waals surface area contributed by atoms with Crippen molar-refractivity contribution < 1.29 is 9.59 Å². The van der Waals surface area contributed by atoms with E-state index in [2.05, 4.69) is 15.6 Å². The van der Waals surface area contributed by atoms with Crippen LogP contribution in [0.15, 0.2) is 60.0 Å². The second kappa shape index (κ2) is 7.72. The zero-order valence-electron chi connectivity index (χ0n) is 13.7. The Hall–Kier alpha value is -2.99. The third-order valence-corrected chi connectivity index (χ3v) is 4.38. The van der Waals surface area contributed by atoms with Gasteiger partial charge in [0.2, 0.25) is 5.91 Å². The van der Waals surface area contributed by atoms with Gasteiger partial charge in [0.25, 0.3) is 5.91 Å². The fourth-order valence-electron chi connectivity index (χ4n) is 2.27. The molecule has 0 aliphatic carbocycles. The van der Waals surface area contributed by atoms with Gasteiger partial charge in [-0.3, -0.25) is 9.59 Å². The molecular weight excluding hydrogens is 334 g/mol. The zero-order chi connectivity index (χ0) is 17.6. The second-order valence-electron chi connectivity index (χ2n) is 5.46. The Bertz CT molecular complexity index is 873. The number of nitrogens with one attached hydrogen (secondary N) is 2. The summed E-state index contributed by atoms with van der Waals surface area (Å²) >= 11 is 1.45. The monoisotopic (exact) mass is 351 g/mol. The van der Waals surface area contributed by atoms with Gasteiger partial charge in [0.15, 0.2) is 0 Å². The number of rotatable bonds is 5. The number of anilines is 1. The number of amides is 2. The lowest BCUT2D eigenvalue weighted by Gasteiger charge is -2.06. The second-order valence-corrected chi connectivity index (χ2v) is 6.32. The minimum Gasteiger partial charge on any atom is -0.347 e.